The first-order valence-corrected chi connectivity index (χ1v) is 27.1. The van der Waals surface area contributed by atoms with Crippen LogP contribution in [0.5, 0.6) is 11.5 Å². The van der Waals surface area contributed by atoms with E-state index in [1.165, 1.54) is 0 Å². The molecule has 6 aromatic carbocycles. The fourth-order valence-corrected chi connectivity index (χ4v) is 9.75. The molecule has 4 aromatic heterocycles. The summed E-state index contributed by atoms with van der Waals surface area (Å²) in [5.74, 6) is 1.79. The fraction of sp³-hybridized carbons (Fsp3) is 0.250. The van der Waals surface area contributed by atoms with E-state index < -0.39 is 37.1 Å². The number of halogens is 4. The van der Waals surface area contributed by atoms with Gasteiger partial charge in [-0.2, -0.15) is 0 Å². The molecule has 0 aliphatic heterocycles. The number of aromatic nitrogens is 8. The third-order valence-electron chi connectivity index (χ3n) is 13.7. The summed E-state index contributed by atoms with van der Waals surface area (Å²) < 4.78 is 49.4. The van der Waals surface area contributed by atoms with Crippen LogP contribution in [0.2, 0.25) is 0 Å². The Kier molecular flexibility index (Phi) is 21.6. The molecule has 0 amide bonds. The van der Waals surface area contributed by atoms with Crippen molar-refractivity contribution in [2.45, 2.75) is 92.3 Å². The van der Waals surface area contributed by atoms with Crippen molar-refractivity contribution < 1.29 is 27.3 Å². The number of hydrogen-bond acceptors (Lipinski definition) is 12. The van der Waals surface area contributed by atoms with Crippen molar-refractivity contribution in [3.05, 3.63) is 233 Å². The second-order valence-electron chi connectivity index (χ2n) is 19.8. The molecule has 0 radical (unpaired) electrons. The Balaban J connectivity index is 0.000000235. The number of aryl methyl sites for hydroxylation is 4. The maximum absolute atomic E-state index is 13.9. The van der Waals surface area contributed by atoms with Gasteiger partial charge in [-0.25, -0.2) is 28.3 Å². The first-order chi connectivity index (χ1) is 39.7. The highest BCUT2D eigenvalue weighted by Crippen LogP contribution is 2.32. The Morgan fingerprint density at radius 3 is 1.17 bits per heavy atom. The van der Waals surface area contributed by atoms with E-state index in [1.807, 2.05) is 111 Å². The third-order valence-corrected chi connectivity index (χ3v) is 13.7. The molecule has 20 heteroatoms. The van der Waals surface area contributed by atoms with Crippen molar-refractivity contribution in [2.24, 2.45) is 0 Å². The number of hydrogen-bond donors (Lipinski definition) is 2. The van der Waals surface area contributed by atoms with Crippen molar-refractivity contribution >= 4 is 29.4 Å². The number of aromatic amines is 2. The lowest BCUT2D eigenvalue weighted by molar-refractivity contribution is 0.182. The topological polar surface area (TPSA) is 206 Å². The number of nitrogens with zero attached hydrogens (tertiary/aromatic N) is 6. The number of ether oxygens (including phenoxy) is 2. The van der Waals surface area contributed by atoms with Gasteiger partial charge in [-0.05, 0) is 122 Å². The van der Waals surface area contributed by atoms with Gasteiger partial charge in [0, 0.05) is 35.1 Å². The summed E-state index contributed by atoms with van der Waals surface area (Å²) in [6, 6.07) is 45.2. The molecule has 2 atom stereocenters. The Bertz CT molecular complexity index is 3790. The van der Waals surface area contributed by atoms with Gasteiger partial charge in [0.1, 0.15) is 48.7 Å². The molecular weight excluding hydrogens is 1160 g/mol. The minimum Gasteiger partial charge on any atom is -0.488 e. The van der Waals surface area contributed by atoms with E-state index in [0.29, 0.717) is 83.0 Å². The fourth-order valence-electron chi connectivity index (χ4n) is 9.75. The smallest absolute Gasteiger partial charge is 0.439 e. The first kappa shape index (κ1) is 62.8. The van der Waals surface area contributed by atoms with Crippen LogP contribution in [-0.2, 0) is 25.7 Å². The molecule has 0 aliphatic carbocycles. The molecule has 4 heterocycles. The molecule has 0 saturated heterocycles. The summed E-state index contributed by atoms with van der Waals surface area (Å²) in [6.07, 6.45) is 2.88. The van der Waals surface area contributed by atoms with E-state index in [-0.39, 0.29) is 40.5 Å². The molecule has 0 fully saturated rings. The van der Waals surface area contributed by atoms with Crippen LogP contribution < -0.4 is 32.1 Å². The predicted octanol–water partition coefficient (Wildman–Crippen LogP) is 12.7. The normalized spacial score (nSPS) is 11.6. The van der Waals surface area contributed by atoms with Crippen LogP contribution in [0, 0.1) is 13.8 Å². The maximum atomic E-state index is 13.9. The molecule has 0 aliphatic rings. The average Bonchev–Trinajstić information content (AvgIpc) is 4.20. The van der Waals surface area contributed by atoms with Gasteiger partial charge in [0.2, 0.25) is 0 Å². The number of nitrogens with one attached hydrogen (secondary N) is 2. The monoisotopic (exact) mass is 1220 g/mol. The largest absolute Gasteiger partial charge is 0.488 e. The number of rotatable bonds is 20. The molecule has 84 heavy (non-hydrogen) atoms. The van der Waals surface area contributed by atoms with Crippen LogP contribution in [0.25, 0.3) is 56.4 Å². The molecular formula is C64H64BrClF2N8O8. The van der Waals surface area contributed by atoms with E-state index in [0.717, 1.165) is 68.7 Å². The molecule has 10 rings (SSSR count). The predicted molar refractivity (Wildman–Crippen MR) is 328 cm³/mol. The Hall–Kier alpha value is -8.81. The summed E-state index contributed by atoms with van der Waals surface area (Å²) in [5, 5.41) is 7.67. The molecule has 436 valence electrons. The van der Waals surface area contributed by atoms with Gasteiger partial charge in [0.05, 0.1) is 22.8 Å². The lowest BCUT2D eigenvalue weighted by Gasteiger charge is -2.16. The number of H-pyrrole nitrogens is 2. The molecule has 0 spiro atoms. The summed E-state index contributed by atoms with van der Waals surface area (Å²) >= 11 is 0. The van der Waals surface area contributed by atoms with Crippen LogP contribution in [-0.4, -0.2) is 64.9 Å². The van der Waals surface area contributed by atoms with Crippen LogP contribution in [0.15, 0.2) is 174 Å². The zero-order valence-corrected chi connectivity index (χ0v) is 49.7. The second-order valence-corrected chi connectivity index (χ2v) is 19.8. The first-order valence-electron chi connectivity index (χ1n) is 27.1. The number of benzene rings is 6. The highest BCUT2D eigenvalue weighted by molar-refractivity contribution is 8.93. The van der Waals surface area contributed by atoms with Gasteiger partial charge in [-0.15, -0.1) is 29.4 Å². The van der Waals surface area contributed by atoms with Gasteiger partial charge in [0.15, 0.2) is 11.6 Å². The Morgan fingerprint density at radius 2 is 0.857 bits per heavy atom. The van der Waals surface area contributed by atoms with E-state index >= 15 is 0 Å². The van der Waals surface area contributed by atoms with Crippen LogP contribution in [0.4, 0.5) is 8.78 Å². The number of alkyl halides is 2. The van der Waals surface area contributed by atoms with Crippen LogP contribution in [0.1, 0.15) is 85.8 Å². The molecule has 2 N–H and O–H groups in total. The van der Waals surface area contributed by atoms with E-state index in [9.17, 15) is 28.0 Å². The van der Waals surface area contributed by atoms with Crippen molar-refractivity contribution in [2.75, 3.05) is 13.3 Å². The zero-order chi connectivity index (χ0) is 57.9. The maximum Gasteiger partial charge on any atom is 0.439 e. The minimum absolute atomic E-state index is 0. The van der Waals surface area contributed by atoms with Crippen molar-refractivity contribution in [3.8, 4) is 67.9 Å². The van der Waals surface area contributed by atoms with Gasteiger partial charge in [-0.3, -0.25) is 37.7 Å². The highest BCUT2D eigenvalue weighted by atomic mass is 79.9. The van der Waals surface area contributed by atoms with E-state index in [2.05, 4.69) is 34.1 Å². The quantitative estimate of drug-likeness (QED) is 0.0731. The molecule has 16 nitrogen and oxygen atoms in total. The highest BCUT2D eigenvalue weighted by Gasteiger charge is 2.20. The molecule has 0 bridgehead atoms. The van der Waals surface area contributed by atoms with E-state index in [4.69, 9.17) is 28.5 Å². The molecule has 10 aromatic rings. The lowest BCUT2D eigenvalue weighted by Crippen LogP contribution is -2.28. The molecule has 2 unspecified atom stereocenters. The molecule has 0 saturated carbocycles. The Morgan fingerprint density at radius 1 is 0.512 bits per heavy atom. The SMILES string of the molecule is Br.CCCc1nc(C)n(-c2ccc(OC(C)CF)cc2)c(=O)c1Cc1ccc(-c2ccccc2-c2noc(=O)[nH]2)cc1.CCCc1nc(C)n(-c2ccc(OC(C)CF)cc2)c(=O)c1Cc1ccc(-c2ccccc2-c2noc(=O)[nH]2)cc1.Cl. The van der Waals surface area contributed by atoms with E-state index in [1.54, 1.807) is 71.5 Å². The average molecular weight is 1230 g/mol. The van der Waals surface area contributed by atoms with Crippen molar-refractivity contribution in [1.82, 2.24) is 39.4 Å². The Labute approximate surface area is 499 Å². The van der Waals surface area contributed by atoms with Crippen molar-refractivity contribution in [3.63, 3.8) is 0 Å². The van der Waals surface area contributed by atoms with Gasteiger partial charge < -0.3 is 9.47 Å². The van der Waals surface area contributed by atoms with Crippen LogP contribution >= 0.6 is 29.4 Å². The summed E-state index contributed by atoms with van der Waals surface area (Å²) in [5.41, 5.74) is 11.1. The van der Waals surface area contributed by atoms with Gasteiger partial charge in [-0.1, -0.05) is 134 Å². The standard InChI is InChI=1S/2C32H31FN4O4.BrH.ClH/c2*1-4-7-29-28(31(38)37(21(3)34-29)24-14-16-25(17-15-24)40-20(2)19-33)18-22-10-12-23(13-11-22)26-8-5-6-9-27(26)30-35-32(39)41-36-30;;/h2*5-6,8-17,20H,4,7,18-19H2,1-3H3,(H,35,36,39);2*1H. The minimum atomic E-state index is -0.610. The summed E-state index contributed by atoms with van der Waals surface area (Å²) in [6.45, 7) is 9.95. The van der Waals surface area contributed by atoms with Gasteiger partial charge in [0.25, 0.3) is 11.1 Å². The zero-order valence-electron chi connectivity index (χ0n) is 47.2. The van der Waals surface area contributed by atoms with Crippen molar-refractivity contribution in [1.29, 1.82) is 0 Å². The summed E-state index contributed by atoms with van der Waals surface area (Å²) in [7, 11) is 0. The third kappa shape index (κ3) is 14.7. The lowest BCUT2D eigenvalue weighted by atomic mass is 9.96. The second kappa shape index (κ2) is 28.9. The van der Waals surface area contributed by atoms with Crippen LogP contribution in [0.3, 0.4) is 0 Å². The van der Waals surface area contributed by atoms with Gasteiger partial charge >= 0.3 is 11.5 Å². The summed E-state index contributed by atoms with van der Waals surface area (Å²) in [4.78, 5) is 65.6.